The Bertz CT molecular complexity index is 1230. The van der Waals surface area contributed by atoms with Gasteiger partial charge < -0.3 is 10.0 Å². The van der Waals surface area contributed by atoms with E-state index in [0.717, 1.165) is 79.4 Å². The summed E-state index contributed by atoms with van der Waals surface area (Å²) in [6.07, 6.45) is 6.58. The summed E-state index contributed by atoms with van der Waals surface area (Å²) in [6.45, 7) is 3.78. The summed E-state index contributed by atoms with van der Waals surface area (Å²) in [7, 11) is 0. The molecule has 168 valence electrons. The zero-order valence-corrected chi connectivity index (χ0v) is 18.6. The van der Waals surface area contributed by atoms with E-state index in [0.29, 0.717) is 6.04 Å². The Balaban J connectivity index is 1.34. The number of benzene rings is 1. The Morgan fingerprint density at radius 2 is 1.61 bits per heavy atom. The number of aliphatic hydroxyl groups is 1. The number of imidazole rings is 1. The molecule has 7 heteroatoms. The molecule has 0 bridgehead atoms. The first-order valence-electron chi connectivity index (χ1n) is 11.8. The van der Waals surface area contributed by atoms with Crippen LogP contribution in [0, 0.1) is 0 Å². The molecule has 2 fully saturated rings. The van der Waals surface area contributed by atoms with E-state index in [4.69, 9.17) is 10.1 Å². The first kappa shape index (κ1) is 20.3. The summed E-state index contributed by atoms with van der Waals surface area (Å²) in [6, 6.07) is 19.0. The molecule has 3 aromatic heterocycles. The standard InChI is InChI=1S/C26H28N6O/c33-22-12-17-31(18-22)21-10-15-30(16-11-21)24-7-6-23-28-25(19-4-2-1-3-5-19)26(32(23)29-24)20-8-13-27-14-9-20/h1-9,13-14,21-22,33H,10-12,15-18H2/t22-/m1/s1. The fourth-order valence-corrected chi connectivity index (χ4v) is 5.22. The van der Waals surface area contributed by atoms with Crippen LogP contribution in [-0.2, 0) is 0 Å². The third-order valence-corrected chi connectivity index (χ3v) is 6.96. The van der Waals surface area contributed by atoms with Gasteiger partial charge in [-0.15, -0.1) is 5.10 Å². The molecule has 0 spiro atoms. The zero-order valence-electron chi connectivity index (χ0n) is 18.6. The van der Waals surface area contributed by atoms with E-state index >= 15 is 0 Å². The van der Waals surface area contributed by atoms with Crippen LogP contribution in [0.3, 0.4) is 0 Å². The minimum Gasteiger partial charge on any atom is -0.392 e. The highest BCUT2D eigenvalue weighted by atomic mass is 16.3. The number of β-amino-alcohol motifs (C(OH)–C–C–N with tert-alkyl or cyclic N) is 1. The van der Waals surface area contributed by atoms with Crippen molar-refractivity contribution in [3.05, 3.63) is 67.0 Å². The van der Waals surface area contributed by atoms with Crippen molar-refractivity contribution in [2.75, 3.05) is 31.1 Å². The number of piperidine rings is 1. The van der Waals surface area contributed by atoms with Gasteiger partial charge in [-0.2, -0.15) is 0 Å². The minimum atomic E-state index is -0.154. The van der Waals surface area contributed by atoms with E-state index in [1.807, 2.05) is 47.2 Å². The molecule has 0 saturated carbocycles. The predicted molar refractivity (Wildman–Crippen MR) is 129 cm³/mol. The molecular weight excluding hydrogens is 412 g/mol. The lowest BCUT2D eigenvalue weighted by Gasteiger charge is -2.37. The molecule has 2 aliphatic rings. The largest absolute Gasteiger partial charge is 0.392 e. The molecule has 1 atom stereocenters. The second kappa shape index (κ2) is 8.57. The van der Waals surface area contributed by atoms with Gasteiger partial charge in [-0.1, -0.05) is 30.3 Å². The van der Waals surface area contributed by atoms with Crippen molar-refractivity contribution in [1.82, 2.24) is 24.5 Å². The number of likely N-dealkylation sites (tertiary alicyclic amines) is 1. The number of fused-ring (bicyclic) bond motifs is 1. The van der Waals surface area contributed by atoms with E-state index in [1.54, 1.807) is 0 Å². The smallest absolute Gasteiger partial charge is 0.155 e. The number of hydrogen-bond donors (Lipinski definition) is 1. The van der Waals surface area contributed by atoms with Crippen LogP contribution in [0.1, 0.15) is 19.3 Å². The second-order valence-corrected chi connectivity index (χ2v) is 9.03. The molecule has 1 aromatic carbocycles. The lowest BCUT2D eigenvalue weighted by molar-refractivity contribution is 0.148. The Labute approximate surface area is 193 Å². The summed E-state index contributed by atoms with van der Waals surface area (Å²) < 4.78 is 1.98. The van der Waals surface area contributed by atoms with E-state index in [2.05, 4.69) is 39.0 Å². The molecule has 33 heavy (non-hydrogen) atoms. The summed E-state index contributed by atoms with van der Waals surface area (Å²) in [5, 5.41) is 15.0. The van der Waals surface area contributed by atoms with Gasteiger partial charge in [-0.25, -0.2) is 9.50 Å². The maximum atomic E-state index is 9.89. The maximum absolute atomic E-state index is 9.89. The maximum Gasteiger partial charge on any atom is 0.155 e. The molecule has 0 radical (unpaired) electrons. The normalized spacial score (nSPS) is 20.0. The van der Waals surface area contributed by atoms with Gasteiger partial charge in [-0.05, 0) is 43.5 Å². The molecule has 4 aromatic rings. The van der Waals surface area contributed by atoms with Gasteiger partial charge in [0.1, 0.15) is 11.5 Å². The molecule has 1 N–H and O–H groups in total. The molecule has 2 saturated heterocycles. The Morgan fingerprint density at radius 1 is 0.818 bits per heavy atom. The van der Waals surface area contributed by atoms with Crippen LogP contribution in [-0.4, -0.2) is 67.9 Å². The third-order valence-electron chi connectivity index (χ3n) is 6.96. The number of nitrogens with zero attached hydrogens (tertiary/aromatic N) is 6. The SMILES string of the molecule is O[C@@H]1CCN(C2CCN(c3ccc4nc(-c5ccccc5)c(-c5ccncc5)n4n3)CC2)C1. The summed E-state index contributed by atoms with van der Waals surface area (Å²) >= 11 is 0. The summed E-state index contributed by atoms with van der Waals surface area (Å²) in [4.78, 5) is 14.0. The molecule has 0 unspecified atom stereocenters. The van der Waals surface area contributed by atoms with Crippen LogP contribution in [0.25, 0.3) is 28.2 Å². The first-order valence-corrected chi connectivity index (χ1v) is 11.8. The van der Waals surface area contributed by atoms with Gasteiger partial charge in [-0.3, -0.25) is 9.88 Å². The van der Waals surface area contributed by atoms with Gasteiger partial charge in [0.25, 0.3) is 0 Å². The number of aliphatic hydroxyl groups excluding tert-OH is 1. The minimum absolute atomic E-state index is 0.154. The third kappa shape index (κ3) is 3.87. The van der Waals surface area contributed by atoms with E-state index in [-0.39, 0.29) is 6.10 Å². The topological polar surface area (TPSA) is 69.8 Å². The quantitative estimate of drug-likeness (QED) is 0.524. The highest BCUT2D eigenvalue weighted by Crippen LogP contribution is 2.33. The molecule has 5 heterocycles. The summed E-state index contributed by atoms with van der Waals surface area (Å²) in [5.41, 5.74) is 4.88. The van der Waals surface area contributed by atoms with E-state index in [1.165, 1.54) is 0 Å². The lowest BCUT2D eigenvalue weighted by Crippen LogP contribution is -2.44. The van der Waals surface area contributed by atoms with Crippen molar-refractivity contribution >= 4 is 11.5 Å². The number of anilines is 1. The fraction of sp³-hybridized carbons (Fsp3) is 0.346. The van der Waals surface area contributed by atoms with Crippen molar-refractivity contribution in [3.8, 4) is 22.5 Å². The second-order valence-electron chi connectivity index (χ2n) is 9.03. The van der Waals surface area contributed by atoms with Gasteiger partial charge in [0.2, 0.25) is 0 Å². The average Bonchev–Trinajstić information content (AvgIpc) is 3.48. The average molecular weight is 441 g/mol. The molecule has 2 aliphatic heterocycles. The van der Waals surface area contributed by atoms with Crippen LogP contribution in [0.5, 0.6) is 0 Å². The van der Waals surface area contributed by atoms with Crippen molar-refractivity contribution in [2.45, 2.75) is 31.4 Å². The van der Waals surface area contributed by atoms with Crippen molar-refractivity contribution < 1.29 is 5.11 Å². The van der Waals surface area contributed by atoms with Crippen LogP contribution in [0.4, 0.5) is 5.82 Å². The van der Waals surface area contributed by atoms with Crippen LogP contribution in [0.15, 0.2) is 67.0 Å². The molecule has 0 amide bonds. The number of rotatable bonds is 4. The lowest BCUT2D eigenvalue weighted by atomic mass is 10.0. The fourth-order valence-electron chi connectivity index (χ4n) is 5.22. The molecule has 0 aliphatic carbocycles. The van der Waals surface area contributed by atoms with Gasteiger partial charge in [0.05, 0.1) is 11.8 Å². The number of aromatic nitrogens is 4. The van der Waals surface area contributed by atoms with Crippen LogP contribution in [0.2, 0.25) is 0 Å². The first-order chi connectivity index (χ1) is 16.3. The van der Waals surface area contributed by atoms with Crippen LogP contribution < -0.4 is 4.90 Å². The summed E-state index contributed by atoms with van der Waals surface area (Å²) in [5.74, 6) is 0.981. The highest BCUT2D eigenvalue weighted by molar-refractivity contribution is 5.81. The Hall–Kier alpha value is -3.29. The molecular formula is C26H28N6O. The highest BCUT2D eigenvalue weighted by Gasteiger charge is 2.30. The zero-order chi connectivity index (χ0) is 22.2. The number of pyridine rings is 1. The van der Waals surface area contributed by atoms with Crippen LogP contribution >= 0.6 is 0 Å². The van der Waals surface area contributed by atoms with Crippen molar-refractivity contribution in [2.24, 2.45) is 0 Å². The van der Waals surface area contributed by atoms with Gasteiger partial charge in [0, 0.05) is 55.7 Å². The molecule has 6 rings (SSSR count). The van der Waals surface area contributed by atoms with Gasteiger partial charge >= 0.3 is 0 Å². The molecule has 7 nitrogen and oxygen atoms in total. The van der Waals surface area contributed by atoms with Crippen molar-refractivity contribution in [1.29, 1.82) is 0 Å². The monoisotopic (exact) mass is 440 g/mol. The Morgan fingerprint density at radius 3 is 2.33 bits per heavy atom. The Kier molecular flexibility index (Phi) is 5.28. The predicted octanol–water partition coefficient (Wildman–Crippen LogP) is 3.49. The van der Waals surface area contributed by atoms with Gasteiger partial charge in [0.15, 0.2) is 5.65 Å². The van der Waals surface area contributed by atoms with E-state index in [9.17, 15) is 5.11 Å². The number of hydrogen-bond acceptors (Lipinski definition) is 6. The van der Waals surface area contributed by atoms with Crippen molar-refractivity contribution in [3.63, 3.8) is 0 Å². The van der Waals surface area contributed by atoms with E-state index < -0.39 is 0 Å².